The molecule has 0 bridgehead atoms. The Bertz CT molecular complexity index is 405. The zero-order valence-corrected chi connectivity index (χ0v) is 11.9. The Labute approximate surface area is 113 Å². The van der Waals surface area contributed by atoms with Gasteiger partial charge in [0.25, 0.3) is 0 Å². The molecule has 1 unspecified atom stereocenters. The van der Waals surface area contributed by atoms with E-state index >= 15 is 0 Å². The molecule has 2 heterocycles. The zero-order chi connectivity index (χ0) is 13.1. The number of likely N-dealkylation sites (N-methyl/N-ethyl adjacent to an activating group) is 1. The molecule has 0 saturated carbocycles. The third-order valence-electron chi connectivity index (χ3n) is 3.25. The molecule has 18 heavy (non-hydrogen) atoms. The molecule has 100 valence electrons. The molecule has 5 heteroatoms. The number of aromatic nitrogens is 2. The number of nitrogens with zero attached hydrogens (tertiary/aromatic N) is 3. The summed E-state index contributed by atoms with van der Waals surface area (Å²) in [5.74, 6) is 1.22. The molecule has 1 aromatic rings. The number of halogens is 1. The Kier molecular flexibility index (Phi) is 4.40. The van der Waals surface area contributed by atoms with Gasteiger partial charge in [0.15, 0.2) is 0 Å². The molecule has 1 atom stereocenters. The Morgan fingerprint density at radius 3 is 2.89 bits per heavy atom. The first-order chi connectivity index (χ1) is 8.59. The van der Waals surface area contributed by atoms with Gasteiger partial charge in [0.2, 0.25) is 0 Å². The first kappa shape index (κ1) is 13.6. The number of rotatable bonds is 4. The molecule has 2 rings (SSSR count). The summed E-state index contributed by atoms with van der Waals surface area (Å²) in [6.45, 7) is 5.94. The van der Waals surface area contributed by atoms with Gasteiger partial charge in [-0.3, -0.25) is 0 Å². The predicted octanol–water partition coefficient (Wildman–Crippen LogP) is 2.87. The largest absolute Gasteiger partial charge is 0.376 e. The summed E-state index contributed by atoms with van der Waals surface area (Å²) in [5.41, 5.74) is 1.01. The van der Waals surface area contributed by atoms with E-state index in [2.05, 4.69) is 28.7 Å². The lowest BCUT2D eigenvalue weighted by Crippen LogP contribution is -2.30. The second-order valence-corrected chi connectivity index (χ2v) is 5.43. The van der Waals surface area contributed by atoms with Crippen LogP contribution >= 0.6 is 11.6 Å². The monoisotopic (exact) mass is 269 g/mol. The molecule has 1 aliphatic heterocycles. The van der Waals surface area contributed by atoms with Crippen LogP contribution < -0.4 is 4.90 Å². The second kappa shape index (κ2) is 5.85. The van der Waals surface area contributed by atoms with Gasteiger partial charge in [-0.15, -0.1) is 0 Å². The van der Waals surface area contributed by atoms with Gasteiger partial charge in [0.05, 0.1) is 6.10 Å². The van der Waals surface area contributed by atoms with Gasteiger partial charge >= 0.3 is 0 Å². The normalized spacial score (nSPS) is 19.5. The molecule has 4 nitrogen and oxygen atoms in total. The Hall–Kier alpha value is -0.870. The van der Waals surface area contributed by atoms with Gasteiger partial charge in [-0.2, -0.15) is 0 Å². The van der Waals surface area contributed by atoms with Gasteiger partial charge in [-0.1, -0.05) is 25.4 Å². The quantitative estimate of drug-likeness (QED) is 0.788. The average Bonchev–Trinajstić information content (AvgIpc) is 2.80. The highest BCUT2D eigenvalue weighted by atomic mass is 35.5. The third kappa shape index (κ3) is 2.93. The van der Waals surface area contributed by atoms with E-state index in [-0.39, 0.29) is 0 Å². The lowest BCUT2D eigenvalue weighted by molar-refractivity contribution is 0.116. The Morgan fingerprint density at radius 2 is 2.28 bits per heavy atom. The summed E-state index contributed by atoms with van der Waals surface area (Å²) in [7, 11) is 2.03. The first-order valence-corrected chi connectivity index (χ1v) is 6.80. The smallest absolute Gasteiger partial charge is 0.138 e. The molecular weight excluding hydrogens is 250 g/mol. The summed E-state index contributed by atoms with van der Waals surface area (Å²) in [5, 5.41) is 0.550. The van der Waals surface area contributed by atoms with Crippen molar-refractivity contribution in [3.63, 3.8) is 0 Å². The second-order valence-electron chi connectivity index (χ2n) is 5.07. The van der Waals surface area contributed by atoms with E-state index in [1.54, 1.807) is 0 Å². The van der Waals surface area contributed by atoms with E-state index in [1.807, 2.05) is 7.05 Å². The van der Waals surface area contributed by atoms with E-state index in [0.29, 0.717) is 17.2 Å². The summed E-state index contributed by atoms with van der Waals surface area (Å²) in [6, 6.07) is 0. The highest BCUT2D eigenvalue weighted by molar-refractivity contribution is 6.30. The molecule has 0 aliphatic carbocycles. The minimum absolute atomic E-state index is 0.306. The molecule has 0 aromatic carbocycles. The summed E-state index contributed by atoms with van der Waals surface area (Å²) in [4.78, 5) is 10.6. The maximum Gasteiger partial charge on any atom is 0.138 e. The van der Waals surface area contributed by atoms with E-state index in [4.69, 9.17) is 16.3 Å². The van der Waals surface area contributed by atoms with E-state index in [0.717, 1.165) is 37.4 Å². The lowest BCUT2D eigenvalue weighted by Gasteiger charge is -2.25. The fraction of sp³-hybridized carbons (Fsp3) is 0.692. The topological polar surface area (TPSA) is 38.2 Å². The first-order valence-electron chi connectivity index (χ1n) is 6.42. The summed E-state index contributed by atoms with van der Waals surface area (Å²) in [6.07, 6.45) is 4.11. The van der Waals surface area contributed by atoms with Crippen molar-refractivity contribution in [3.05, 3.63) is 17.0 Å². The van der Waals surface area contributed by atoms with E-state index < -0.39 is 0 Å². The molecule has 0 amide bonds. The summed E-state index contributed by atoms with van der Waals surface area (Å²) < 4.78 is 5.66. The van der Waals surface area contributed by atoms with Crippen molar-refractivity contribution in [3.8, 4) is 0 Å². The number of anilines is 1. The summed E-state index contributed by atoms with van der Waals surface area (Å²) >= 11 is 6.18. The SMILES string of the molecule is CC(C)c1c(Cl)ncnc1N(C)CC1CCCO1. The van der Waals surface area contributed by atoms with Crippen LogP contribution in [0.3, 0.4) is 0 Å². The van der Waals surface area contributed by atoms with Crippen LogP contribution in [-0.2, 0) is 4.74 Å². The van der Waals surface area contributed by atoms with Gasteiger partial charge in [-0.25, -0.2) is 9.97 Å². The van der Waals surface area contributed by atoms with Crippen LogP contribution in [0, 0.1) is 0 Å². The standard InChI is InChI=1S/C13H20ClN3O/c1-9(2)11-12(14)15-8-16-13(11)17(3)7-10-5-4-6-18-10/h8-10H,4-7H2,1-3H3. The van der Waals surface area contributed by atoms with Crippen molar-refractivity contribution >= 4 is 17.4 Å². The number of ether oxygens (including phenoxy) is 1. The van der Waals surface area contributed by atoms with Crippen LogP contribution in [0.4, 0.5) is 5.82 Å². The Morgan fingerprint density at radius 1 is 1.50 bits per heavy atom. The molecule has 1 saturated heterocycles. The Balaban J connectivity index is 2.18. The maximum absolute atomic E-state index is 6.18. The fourth-order valence-electron chi connectivity index (χ4n) is 2.35. The van der Waals surface area contributed by atoms with Crippen LogP contribution in [0.2, 0.25) is 5.15 Å². The number of hydrogen-bond donors (Lipinski definition) is 0. The van der Waals surface area contributed by atoms with Gasteiger partial charge in [-0.05, 0) is 18.8 Å². The van der Waals surface area contributed by atoms with E-state index in [1.165, 1.54) is 6.33 Å². The van der Waals surface area contributed by atoms with Crippen LogP contribution in [0.5, 0.6) is 0 Å². The molecule has 1 fully saturated rings. The average molecular weight is 270 g/mol. The highest BCUT2D eigenvalue weighted by Gasteiger charge is 2.21. The van der Waals surface area contributed by atoms with Crippen LogP contribution in [0.15, 0.2) is 6.33 Å². The van der Waals surface area contributed by atoms with Crippen LogP contribution in [0.25, 0.3) is 0 Å². The third-order valence-corrected chi connectivity index (χ3v) is 3.56. The predicted molar refractivity (Wildman–Crippen MR) is 73.4 cm³/mol. The molecule has 1 aliphatic rings. The maximum atomic E-state index is 6.18. The minimum Gasteiger partial charge on any atom is -0.376 e. The fourth-order valence-corrected chi connectivity index (χ4v) is 2.69. The van der Waals surface area contributed by atoms with Crippen molar-refractivity contribution in [1.82, 2.24) is 9.97 Å². The van der Waals surface area contributed by atoms with Crippen molar-refractivity contribution in [2.45, 2.75) is 38.7 Å². The van der Waals surface area contributed by atoms with Crippen LogP contribution in [0.1, 0.15) is 38.2 Å². The van der Waals surface area contributed by atoms with Crippen molar-refractivity contribution in [2.24, 2.45) is 0 Å². The number of hydrogen-bond acceptors (Lipinski definition) is 4. The highest BCUT2D eigenvalue weighted by Crippen LogP contribution is 2.30. The minimum atomic E-state index is 0.306. The van der Waals surface area contributed by atoms with Crippen molar-refractivity contribution in [2.75, 3.05) is 25.1 Å². The van der Waals surface area contributed by atoms with Gasteiger partial charge in [0.1, 0.15) is 17.3 Å². The molecule has 0 spiro atoms. The van der Waals surface area contributed by atoms with Gasteiger partial charge < -0.3 is 9.64 Å². The molecule has 1 aromatic heterocycles. The molecule has 0 N–H and O–H groups in total. The lowest BCUT2D eigenvalue weighted by atomic mass is 10.1. The van der Waals surface area contributed by atoms with Crippen molar-refractivity contribution < 1.29 is 4.74 Å². The van der Waals surface area contributed by atoms with Crippen LogP contribution in [-0.4, -0.2) is 36.3 Å². The molecule has 0 radical (unpaired) electrons. The molecular formula is C13H20ClN3O. The van der Waals surface area contributed by atoms with Gasteiger partial charge in [0, 0.05) is 25.8 Å². The zero-order valence-electron chi connectivity index (χ0n) is 11.2. The van der Waals surface area contributed by atoms with E-state index in [9.17, 15) is 0 Å². The van der Waals surface area contributed by atoms with Crippen molar-refractivity contribution in [1.29, 1.82) is 0 Å².